The number of benzene rings is 2. The molecule has 0 amide bonds. The first-order valence-corrected chi connectivity index (χ1v) is 4.48. The Bertz CT molecular complexity index is 495. The molecule has 3 heteroatoms. The third-order valence-electron chi connectivity index (χ3n) is 2.16. The molecule has 0 aromatic heterocycles. The van der Waals surface area contributed by atoms with Gasteiger partial charge in [-0.05, 0) is 29.3 Å². The maximum atomic E-state index is 13.1. The van der Waals surface area contributed by atoms with Crippen LogP contribution in [0.5, 0.6) is 0 Å². The highest BCUT2D eigenvalue weighted by molar-refractivity contribution is 6.32. The maximum absolute atomic E-state index is 13.1. The fourth-order valence-corrected chi connectivity index (χ4v) is 1.37. The van der Waals surface area contributed by atoms with Crippen LogP contribution in [0.15, 0.2) is 42.5 Å². The molecular weight excluding hydrogens is 193 g/mol. The van der Waals surface area contributed by atoms with Crippen molar-refractivity contribution in [2.75, 3.05) is 0 Å². The Morgan fingerprint density at radius 2 is 1.60 bits per heavy atom. The van der Waals surface area contributed by atoms with E-state index in [1.165, 1.54) is 24.3 Å². The van der Waals surface area contributed by atoms with Crippen molar-refractivity contribution in [1.82, 2.24) is 0 Å². The van der Waals surface area contributed by atoms with Gasteiger partial charge in [0.15, 0.2) is 0 Å². The fourth-order valence-electron chi connectivity index (χ4n) is 1.37. The summed E-state index contributed by atoms with van der Waals surface area (Å²) < 4.78 is 26.1. The summed E-state index contributed by atoms with van der Waals surface area (Å²) in [5, 5.41) is 0. The Labute approximate surface area is 88.0 Å². The lowest BCUT2D eigenvalue weighted by atomic mass is 9.93. The van der Waals surface area contributed by atoms with E-state index >= 15 is 0 Å². The lowest BCUT2D eigenvalue weighted by Gasteiger charge is -2.03. The van der Waals surface area contributed by atoms with Crippen LogP contribution in [-0.4, -0.2) is 7.85 Å². The van der Waals surface area contributed by atoms with Gasteiger partial charge in [0, 0.05) is 0 Å². The average Bonchev–Trinajstić information content (AvgIpc) is 2.22. The molecule has 2 aromatic carbocycles. The Balaban J connectivity index is 2.50. The average molecular weight is 200 g/mol. The van der Waals surface area contributed by atoms with Gasteiger partial charge in [-0.2, -0.15) is 0 Å². The van der Waals surface area contributed by atoms with E-state index in [1.807, 2.05) is 0 Å². The molecule has 0 saturated carbocycles. The number of hydrogen-bond acceptors (Lipinski definition) is 0. The van der Waals surface area contributed by atoms with Crippen molar-refractivity contribution < 1.29 is 8.78 Å². The molecule has 0 fully saturated rings. The summed E-state index contributed by atoms with van der Waals surface area (Å²) in [6.45, 7) is 0. The molecule has 0 N–H and O–H groups in total. The molecule has 0 saturated heterocycles. The molecular formula is C12H7BF2. The Morgan fingerprint density at radius 1 is 0.867 bits per heavy atom. The van der Waals surface area contributed by atoms with Crippen LogP contribution in [0.25, 0.3) is 11.1 Å². The second-order valence-corrected chi connectivity index (χ2v) is 3.25. The van der Waals surface area contributed by atoms with E-state index in [9.17, 15) is 8.78 Å². The van der Waals surface area contributed by atoms with Crippen molar-refractivity contribution in [1.29, 1.82) is 0 Å². The van der Waals surface area contributed by atoms with Gasteiger partial charge in [-0.3, -0.25) is 0 Å². The molecule has 0 aliphatic rings. The molecule has 2 rings (SSSR count). The molecule has 72 valence electrons. The zero-order chi connectivity index (χ0) is 10.8. The van der Waals surface area contributed by atoms with Crippen molar-refractivity contribution in [3.63, 3.8) is 0 Å². The molecule has 0 aliphatic carbocycles. The molecule has 0 heterocycles. The van der Waals surface area contributed by atoms with Crippen LogP contribution in [0.2, 0.25) is 0 Å². The summed E-state index contributed by atoms with van der Waals surface area (Å²) in [5.74, 6) is -0.832. The highest BCUT2D eigenvalue weighted by Crippen LogP contribution is 2.19. The Hall–Kier alpha value is -1.64. The maximum Gasteiger partial charge on any atom is 0.123 e. The van der Waals surface area contributed by atoms with Gasteiger partial charge in [-0.15, -0.1) is 0 Å². The van der Waals surface area contributed by atoms with Crippen LogP contribution in [0, 0.1) is 11.6 Å². The first kappa shape index (κ1) is 9.90. The first-order chi connectivity index (χ1) is 7.16. The molecule has 0 nitrogen and oxygen atoms in total. The fraction of sp³-hybridized carbons (Fsp3) is 0. The number of rotatable bonds is 1. The molecule has 15 heavy (non-hydrogen) atoms. The van der Waals surface area contributed by atoms with E-state index in [1.54, 1.807) is 18.2 Å². The quantitative estimate of drug-likeness (QED) is 0.620. The third kappa shape index (κ3) is 2.06. The first-order valence-electron chi connectivity index (χ1n) is 4.48. The summed E-state index contributed by atoms with van der Waals surface area (Å²) in [5.41, 5.74) is 1.34. The Kier molecular flexibility index (Phi) is 2.54. The SMILES string of the molecule is [B]c1ccc(-c2cccc(F)c2)cc1F. The van der Waals surface area contributed by atoms with E-state index in [2.05, 4.69) is 0 Å². The van der Waals surface area contributed by atoms with Gasteiger partial charge in [0.05, 0.1) is 0 Å². The van der Waals surface area contributed by atoms with Crippen molar-refractivity contribution in [2.45, 2.75) is 0 Å². The van der Waals surface area contributed by atoms with Gasteiger partial charge in [-0.1, -0.05) is 29.7 Å². The predicted octanol–water partition coefficient (Wildman–Crippen LogP) is 2.43. The standard InChI is InChI=1S/C12H7BF2/c13-11-5-4-9(7-12(11)15)8-2-1-3-10(14)6-8/h1-7H. The van der Waals surface area contributed by atoms with Gasteiger partial charge in [0.1, 0.15) is 19.5 Å². The number of halogens is 2. The smallest absolute Gasteiger partial charge is 0.123 e. The van der Waals surface area contributed by atoms with Crippen molar-refractivity contribution >= 4 is 13.3 Å². The lowest BCUT2D eigenvalue weighted by Crippen LogP contribution is -2.07. The van der Waals surface area contributed by atoms with Crippen molar-refractivity contribution in [3.05, 3.63) is 54.1 Å². The van der Waals surface area contributed by atoms with Crippen molar-refractivity contribution in [2.24, 2.45) is 0 Å². The largest absolute Gasteiger partial charge is 0.208 e. The zero-order valence-corrected chi connectivity index (χ0v) is 7.87. The lowest BCUT2D eigenvalue weighted by molar-refractivity contribution is 0.628. The summed E-state index contributed by atoms with van der Waals surface area (Å²) in [7, 11) is 5.35. The predicted molar refractivity (Wildman–Crippen MR) is 57.2 cm³/mol. The molecule has 2 radical (unpaired) electrons. The minimum atomic E-state index is -0.489. The molecule has 2 aromatic rings. The molecule has 0 spiro atoms. The van der Waals surface area contributed by atoms with E-state index in [0.29, 0.717) is 11.1 Å². The molecule has 0 aliphatic heterocycles. The molecule has 0 unspecified atom stereocenters. The highest BCUT2D eigenvalue weighted by Gasteiger charge is 2.02. The van der Waals surface area contributed by atoms with Crippen LogP contribution in [-0.2, 0) is 0 Å². The summed E-state index contributed by atoms with van der Waals surface area (Å²) >= 11 is 0. The van der Waals surface area contributed by atoms with Crippen LogP contribution >= 0.6 is 0 Å². The van der Waals surface area contributed by atoms with Gasteiger partial charge in [-0.25, -0.2) is 8.78 Å². The van der Waals surface area contributed by atoms with E-state index in [4.69, 9.17) is 7.85 Å². The van der Waals surface area contributed by atoms with Gasteiger partial charge >= 0.3 is 0 Å². The zero-order valence-electron chi connectivity index (χ0n) is 7.87. The monoisotopic (exact) mass is 200 g/mol. The van der Waals surface area contributed by atoms with Crippen molar-refractivity contribution in [3.8, 4) is 11.1 Å². The molecule has 0 bridgehead atoms. The minimum Gasteiger partial charge on any atom is -0.208 e. The van der Waals surface area contributed by atoms with Gasteiger partial charge < -0.3 is 0 Å². The van der Waals surface area contributed by atoms with Crippen LogP contribution < -0.4 is 5.46 Å². The topological polar surface area (TPSA) is 0 Å². The summed E-state index contributed by atoms with van der Waals surface area (Å²) in [4.78, 5) is 0. The summed E-state index contributed by atoms with van der Waals surface area (Å²) in [6.07, 6.45) is 0. The van der Waals surface area contributed by atoms with E-state index in [-0.39, 0.29) is 11.3 Å². The second kappa shape index (κ2) is 3.85. The van der Waals surface area contributed by atoms with E-state index < -0.39 is 5.82 Å². The Morgan fingerprint density at radius 3 is 2.27 bits per heavy atom. The highest BCUT2D eigenvalue weighted by atomic mass is 19.1. The van der Waals surface area contributed by atoms with Gasteiger partial charge in [0.25, 0.3) is 0 Å². The van der Waals surface area contributed by atoms with Crippen LogP contribution in [0.3, 0.4) is 0 Å². The normalized spacial score (nSPS) is 10.3. The third-order valence-corrected chi connectivity index (χ3v) is 2.16. The molecule has 0 atom stereocenters. The van der Waals surface area contributed by atoms with Gasteiger partial charge in [0.2, 0.25) is 0 Å². The number of hydrogen-bond donors (Lipinski definition) is 0. The van der Waals surface area contributed by atoms with Crippen LogP contribution in [0.4, 0.5) is 8.78 Å². The second-order valence-electron chi connectivity index (χ2n) is 3.25. The van der Waals surface area contributed by atoms with Crippen LogP contribution in [0.1, 0.15) is 0 Å². The summed E-state index contributed by atoms with van der Waals surface area (Å²) in [6, 6.07) is 10.4. The van der Waals surface area contributed by atoms with E-state index in [0.717, 1.165) is 0 Å². The minimum absolute atomic E-state index is 0.0927.